The molecule has 0 radical (unpaired) electrons. The SMILES string of the molecule is [CH3][Ge]([CH3])([CH3])[CH]=C(C#N)C1CCCCC1. The third kappa shape index (κ3) is 3.88. The number of allylic oxidation sites excluding steroid dienone is 1. The van der Waals surface area contributed by atoms with E-state index in [1.165, 1.54) is 32.1 Å². The van der Waals surface area contributed by atoms with E-state index in [1.54, 1.807) is 0 Å². The average Bonchev–Trinajstić information content (AvgIpc) is 2.14. The van der Waals surface area contributed by atoms with E-state index >= 15 is 0 Å². The van der Waals surface area contributed by atoms with Crippen LogP contribution in [0.15, 0.2) is 10.5 Å². The summed E-state index contributed by atoms with van der Waals surface area (Å²) in [5.74, 6) is 7.64. The molecule has 1 fully saturated rings. The molecule has 0 unspecified atom stereocenters. The minimum atomic E-state index is -1.68. The molecule has 0 heterocycles. The molecule has 0 atom stereocenters. The van der Waals surface area contributed by atoms with E-state index in [-0.39, 0.29) is 0 Å². The molecular formula is C12H21GeN. The van der Waals surface area contributed by atoms with E-state index in [1.807, 2.05) is 0 Å². The van der Waals surface area contributed by atoms with Crippen LogP contribution < -0.4 is 0 Å². The summed E-state index contributed by atoms with van der Waals surface area (Å²) >= 11 is -1.68. The molecule has 0 aromatic carbocycles. The first-order chi connectivity index (χ1) is 6.53. The fourth-order valence-electron chi connectivity index (χ4n) is 2.12. The van der Waals surface area contributed by atoms with Crippen LogP contribution in [-0.2, 0) is 0 Å². The molecule has 0 aliphatic heterocycles. The summed E-state index contributed by atoms with van der Waals surface area (Å²) in [7, 11) is 0. The summed E-state index contributed by atoms with van der Waals surface area (Å²) in [5, 5.41) is 9.15. The van der Waals surface area contributed by atoms with E-state index in [0.29, 0.717) is 5.92 Å². The van der Waals surface area contributed by atoms with Crippen LogP contribution in [0.2, 0.25) is 17.3 Å². The first-order valence-corrected chi connectivity index (χ1v) is 13.2. The van der Waals surface area contributed by atoms with Crippen molar-refractivity contribution in [3.8, 4) is 6.07 Å². The molecule has 1 nitrogen and oxygen atoms in total. The van der Waals surface area contributed by atoms with E-state index in [0.717, 1.165) is 5.57 Å². The van der Waals surface area contributed by atoms with Crippen LogP contribution in [0.25, 0.3) is 0 Å². The predicted octanol–water partition coefficient (Wildman–Crippen LogP) is 3.89. The molecule has 0 spiro atoms. The van der Waals surface area contributed by atoms with Crippen molar-refractivity contribution >= 4 is 13.3 Å². The van der Waals surface area contributed by atoms with Gasteiger partial charge in [0.15, 0.2) is 0 Å². The zero-order valence-electron chi connectivity index (χ0n) is 9.64. The molecule has 2 heteroatoms. The van der Waals surface area contributed by atoms with Crippen LogP contribution in [-0.4, -0.2) is 13.3 Å². The van der Waals surface area contributed by atoms with Gasteiger partial charge in [-0.15, -0.1) is 0 Å². The fraction of sp³-hybridized carbons (Fsp3) is 0.750. The molecule has 1 rings (SSSR count). The normalized spacial score (nSPS) is 20.6. The van der Waals surface area contributed by atoms with Gasteiger partial charge in [-0.2, -0.15) is 0 Å². The Morgan fingerprint density at radius 2 is 1.79 bits per heavy atom. The van der Waals surface area contributed by atoms with E-state index < -0.39 is 13.3 Å². The van der Waals surface area contributed by atoms with Crippen molar-refractivity contribution < 1.29 is 0 Å². The Balaban J connectivity index is 2.71. The van der Waals surface area contributed by atoms with Gasteiger partial charge in [0.25, 0.3) is 0 Å². The Kier molecular flexibility index (Phi) is 4.25. The van der Waals surface area contributed by atoms with Gasteiger partial charge < -0.3 is 0 Å². The van der Waals surface area contributed by atoms with Crippen LogP contribution in [0.5, 0.6) is 0 Å². The summed E-state index contributed by atoms with van der Waals surface area (Å²) in [6.45, 7) is 0. The number of hydrogen-bond acceptors (Lipinski definition) is 1. The number of nitriles is 1. The zero-order chi connectivity index (χ0) is 10.6. The predicted molar refractivity (Wildman–Crippen MR) is 63.6 cm³/mol. The van der Waals surface area contributed by atoms with Crippen LogP contribution in [0.3, 0.4) is 0 Å². The molecule has 0 aromatic rings. The molecule has 0 saturated heterocycles. The van der Waals surface area contributed by atoms with Crippen molar-refractivity contribution in [1.82, 2.24) is 0 Å². The van der Waals surface area contributed by atoms with E-state index in [4.69, 9.17) is 5.26 Å². The number of rotatable bonds is 2. The second-order valence-electron chi connectivity index (χ2n) is 5.41. The van der Waals surface area contributed by atoms with Gasteiger partial charge in [0, 0.05) is 0 Å². The Hall–Kier alpha value is -0.227. The molecule has 0 bridgehead atoms. The molecule has 0 N–H and O–H groups in total. The average molecular weight is 252 g/mol. The fourth-order valence-corrected chi connectivity index (χ4v) is 4.71. The summed E-state index contributed by atoms with van der Waals surface area (Å²) in [6, 6.07) is 2.44. The van der Waals surface area contributed by atoms with Crippen LogP contribution >= 0.6 is 0 Å². The maximum atomic E-state index is 9.15. The van der Waals surface area contributed by atoms with Crippen LogP contribution in [0.4, 0.5) is 0 Å². The summed E-state index contributed by atoms with van der Waals surface area (Å²) in [4.78, 5) is 2.34. The molecule has 1 saturated carbocycles. The Bertz CT molecular complexity index is 248. The third-order valence-corrected chi connectivity index (χ3v) is 5.23. The summed E-state index contributed by atoms with van der Waals surface area (Å²) in [5.41, 5.74) is 1.11. The molecule has 14 heavy (non-hydrogen) atoms. The van der Waals surface area contributed by atoms with Gasteiger partial charge in [0.2, 0.25) is 0 Å². The van der Waals surface area contributed by atoms with Crippen LogP contribution in [0.1, 0.15) is 32.1 Å². The van der Waals surface area contributed by atoms with Gasteiger partial charge in [-0.1, -0.05) is 0 Å². The topological polar surface area (TPSA) is 23.8 Å². The van der Waals surface area contributed by atoms with Crippen LogP contribution in [0, 0.1) is 17.2 Å². The summed E-state index contributed by atoms with van der Waals surface area (Å²) in [6.07, 6.45) is 6.50. The van der Waals surface area contributed by atoms with Crippen molar-refractivity contribution in [3.63, 3.8) is 0 Å². The molecular weight excluding hydrogens is 231 g/mol. The number of hydrogen-bond donors (Lipinski definition) is 0. The van der Waals surface area contributed by atoms with Gasteiger partial charge in [-0.3, -0.25) is 0 Å². The van der Waals surface area contributed by atoms with Crippen molar-refractivity contribution in [2.45, 2.75) is 49.4 Å². The van der Waals surface area contributed by atoms with Crippen molar-refractivity contribution in [2.75, 3.05) is 0 Å². The van der Waals surface area contributed by atoms with Gasteiger partial charge >= 0.3 is 90.4 Å². The molecule has 0 amide bonds. The minimum absolute atomic E-state index is 0.596. The molecule has 1 aliphatic rings. The quantitative estimate of drug-likeness (QED) is 0.540. The molecule has 0 aromatic heterocycles. The second-order valence-corrected chi connectivity index (χ2v) is 15.9. The van der Waals surface area contributed by atoms with Gasteiger partial charge in [-0.05, 0) is 0 Å². The first-order valence-electron chi connectivity index (χ1n) is 5.66. The van der Waals surface area contributed by atoms with E-state index in [2.05, 4.69) is 28.2 Å². The van der Waals surface area contributed by atoms with Crippen molar-refractivity contribution in [1.29, 1.82) is 5.26 Å². The first kappa shape index (κ1) is 11.8. The Morgan fingerprint density at radius 1 is 1.21 bits per heavy atom. The molecule has 78 valence electrons. The maximum absolute atomic E-state index is 9.15. The monoisotopic (exact) mass is 253 g/mol. The Labute approximate surface area is 90.6 Å². The number of nitrogens with zero attached hydrogens (tertiary/aromatic N) is 1. The second kappa shape index (κ2) is 5.02. The standard InChI is InChI=1S/C12H21GeN/c1-13(2,3)9-12(10-14)11-7-5-4-6-8-11/h9,11H,4-8H2,1-3H3. The zero-order valence-corrected chi connectivity index (χ0v) is 11.7. The van der Waals surface area contributed by atoms with Crippen molar-refractivity contribution in [3.05, 3.63) is 10.5 Å². The molecule has 1 aliphatic carbocycles. The summed E-state index contributed by atoms with van der Waals surface area (Å²) < 4.78 is 0. The van der Waals surface area contributed by atoms with Gasteiger partial charge in [0.05, 0.1) is 0 Å². The Morgan fingerprint density at radius 3 is 2.21 bits per heavy atom. The van der Waals surface area contributed by atoms with Gasteiger partial charge in [0.1, 0.15) is 0 Å². The van der Waals surface area contributed by atoms with Crippen molar-refractivity contribution in [2.24, 2.45) is 5.92 Å². The van der Waals surface area contributed by atoms with E-state index in [9.17, 15) is 0 Å². The third-order valence-electron chi connectivity index (χ3n) is 2.76. The van der Waals surface area contributed by atoms with Gasteiger partial charge in [-0.25, -0.2) is 0 Å².